The molecular formula is C17H24ClN3O. The molecule has 0 unspecified atom stereocenters. The van der Waals surface area contributed by atoms with E-state index in [1.807, 2.05) is 43.2 Å². The van der Waals surface area contributed by atoms with Gasteiger partial charge in [0.05, 0.1) is 24.7 Å². The second-order valence-corrected chi connectivity index (χ2v) is 6.46. The highest BCUT2D eigenvalue weighted by Gasteiger charge is 2.18. The van der Waals surface area contributed by atoms with Crippen molar-refractivity contribution in [3.8, 4) is 17.0 Å². The van der Waals surface area contributed by atoms with Gasteiger partial charge in [0.15, 0.2) is 0 Å². The van der Waals surface area contributed by atoms with E-state index in [2.05, 4.69) is 23.8 Å². The smallest absolute Gasteiger partial charge is 0.128 e. The molecule has 2 rings (SSSR count). The SMILES string of the molecule is COc1ccc(Cl)cc1-c1c(N(C)C)cnn1CCC(C)C. The molecule has 0 aliphatic rings. The van der Waals surface area contributed by atoms with Gasteiger partial charge in [-0.05, 0) is 30.5 Å². The summed E-state index contributed by atoms with van der Waals surface area (Å²) in [6.07, 6.45) is 2.97. The topological polar surface area (TPSA) is 30.3 Å². The van der Waals surface area contributed by atoms with Crippen LogP contribution in [0.4, 0.5) is 5.69 Å². The third-order valence-electron chi connectivity index (χ3n) is 3.64. The highest BCUT2D eigenvalue weighted by molar-refractivity contribution is 6.31. The van der Waals surface area contributed by atoms with Crippen molar-refractivity contribution in [2.45, 2.75) is 26.8 Å². The fraction of sp³-hybridized carbons (Fsp3) is 0.471. The summed E-state index contributed by atoms with van der Waals surface area (Å²) in [5.74, 6) is 1.43. The number of anilines is 1. The second-order valence-electron chi connectivity index (χ2n) is 6.02. The van der Waals surface area contributed by atoms with Crippen LogP contribution in [-0.2, 0) is 6.54 Å². The molecule has 1 aromatic heterocycles. The Morgan fingerprint density at radius 2 is 2.05 bits per heavy atom. The molecule has 22 heavy (non-hydrogen) atoms. The minimum Gasteiger partial charge on any atom is -0.496 e. The Morgan fingerprint density at radius 1 is 1.32 bits per heavy atom. The van der Waals surface area contributed by atoms with E-state index in [0.29, 0.717) is 10.9 Å². The van der Waals surface area contributed by atoms with E-state index >= 15 is 0 Å². The Hall–Kier alpha value is -1.68. The maximum absolute atomic E-state index is 6.20. The number of nitrogens with zero attached hydrogens (tertiary/aromatic N) is 3. The summed E-state index contributed by atoms with van der Waals surface area (Å²) in [5.41, 5.74) is 3.08. The lowest BCUT2D eigenvalue weighted by Crippen LogP contribution is -2.11. The molecule has 120 valence electrons. The van der Waals surface area contributed by atoms with Crippen molar-refractivity contribution in [3.05, 3.63) is 29.4 Å². The van der Waals surface area contributed by atoms with E-state index in [1.54, 1.807) is 7.11 Å². The summed E-state index contributed by atoms with van der Waals surface area (Å²) >= 11 is 6.20. The fourth-order valence-corrected chi connectivity index (χ4v) is 2.57. The van der Waals surface area contributed by atoms with Gasteiger partial charge >= 0.3 is 0 Å². The van der Waals surface area contributed by atoms with Gasteiger partial charge in [0.1, 0.15) is 5.75 Å². The second kappa shape index (κ2) is 7.05. The molecule has 0 aliphatic heterocycles. The molecule has 0 spiro atoms. The van der Waals surface area contributed by atoms with Crippen LogP contribution >= 0.6 is 11.6 Å². The van der Waals surface area contributed by atoms with E-state index in [9.17, 15) is 0 Å². The van der Waals surface area contributed by atoms with E-state index in [0.717, 1.165) is 35.7 Å². The first-order chi connectivity index (χ1) is 10.4. The first-order valence-electron chi connectivity index (χ1n) is 7.51. The zero-order chi connectivity index (χ0) is 16.3. The molecule has 0 N–H and O–H groups in total. The lowest BCUT2D eigenvalue weighted by molar-refractivity contribution is 0.415. The number of methoxy groups -OCH3 is 1. The molecule has 0 saturated carbocycles. The molecule has 4 nitrogen and oxygen atoms in total. The minimum atomic E-state index is 0.626. The molecule has 0 aliphatic carbocycles. The standard InChI is InChI=1S/C17H24ClN3O/c1-12(2)8-9-21-17(15(11-19-21)20(3)4)14-10-13(18)6-7-16(14)22-5/h6-7,10-12H,8-9H2,1-5H3. The molecule has 2 aromatic rings. The zero-order valence-corrected chi connectivity index (χ0v) is 14.7. The van der Waals surface area contributed by atoms with E-state index in [1.165, 1.54) is 0 Å². The maximum Gasteiger partial charge on any atom is 0.128 e. The van der Waals surface area contributed by atoms with Crippen LogP contribution in [0, 0.1) is 5.92 Å². The molecule has 0 radical (unpaired) electrons. The van der Waals surface area contributed by atoms with Crippen LogP contribution in [0.5, 0.6) is 5.75 Å². The molecular weight excluding hydrogens is 298 g/mol. The highest BCUT2D eigenvalue weighted by atomic mass is 35.5. The Balaban J connectivity index is 2.56. The van der Waals surface area contributed by atoms with Crippen LogP contribution in [0.1, 0.15) is 20.3 Å². The molecule has 0 bridgehead atoms. The van der Waals surface area contributed by atoms with Gasteiger partial charge in [0, 0.05) is 31.2 Å². The highest BCUT2D eigenvalue weighted by Crippen LogP contribution is 2.38. The Bertz CT molecular complexity index is 635. The normalized spacial score (nSPS) is 11.0. The number of aromatic nitrogens is 2. The van der Waals surface area contributed by atoms with Gasteiger partial charge in [-0.25, -0.2) is 0 Å². The van der Waals surface area contributed by atoms with Crippen LogP contribution in [-0.4, -0.2) is 31.0 Å². The average Bonchev–Trinajstić information content (AvgIpc) is 2.88. The summed E-state index contributed by atoms with van der Waals surface area (Å²) in [7, 11) is 5.71. The van der Waals surface area contributed by atoms with Crippen molar-refractivity contribution in [2.24, 2.45) is 5.92 Å². The molecule has 0 saturated heterocycles. The van der Waals surface area contributed by atoms with Crippen LogP contribution < -0.4 is 9.64 Å². The summed E-state index contributed by atoms with van der Waals surface area (Å²) in [5, 5.41) is 5.26. The Morgan fingerprint density at radius 3 is 2.64 bits per heavy atom. The van der Waals surface area contributed by atoms with Gasteiger partial charge in [0.25, 0.3) is 0 Å². The van der Waals surface area contributed by atoms with Crippen LogP contribution in [0.2, 0.25) is 5.02 Å². The van der Waals surface area contributed by atoms with Crippen LogP contribution in [0.15, 0.2) is 24.4 Å². The maximum atomic E-state index is 6.20. The van der Waals surface area contributed by atoms with Gasteiger partial charge in [-0.2, -0.15) is 5.10 Å². The molecule has 5 heteroatoms. The summed E-state index contributed by atoms with van der Waals surface area (Å²) in [6, 6.07) is 5.68. The van der Waals surface area contributed by atoms with Gasteiger partial charge < -0.3 is 9.64 Å². The quantitative estimate of drug-likeness (QED) is 0.793. The van der Waals surface area contributed by atoms with Crippen molar-refractivity contribution in [3.63, 3.8) is 0 Å². The molecule has 0 fully saturated rings. The van der Waals surface area contributed by atoms with Crippen molar-refractivity contribution in [1.29, 1.82) is 0 Å². The van der Waals surface area contributed by atoms with Gasteiger partial charge in [-0.3, -0.25) is 4.68 Å². The summed E-state index contributed by atoms with van der Waals surface area (Å²) in [6.45, 7) is 5.31. The number of hydrogen-bond donors (Lipinski definition) is 0. The van der Waals surface area contributed by atoms with Crippen molar-refractivity contribution in [2.75, 3.05) is 26.1 Å². The number of ether oxygens (including phenoxy) is 1. The molecule has 1 heterocycles. The lowest BCUT2D eigenvalue weighted by atomic mass is 10.1. The number of hydrogen-bond acceptors (Lipinski definition) is 3. The van der Waals surface area contributed by atoms with E-state index in [4.69, 9.17) is 16.3 Å². The number of rotatable bonds is 6. The first-order valence-corrected chi connectivity index (χ1v) is 7.89. The molecule has 0 atom stereocenters. The van der Waals surface area contributed by atoms with Crippen molar-refractivity contribution < 1.29 is 4.74 Å². The Labute approximate surface area is 137 Å². The monoisotopic (exact) mass is 321 g/mol. The predicted molar refractivity (Wildman–Crippen MR) is 93.0 cm³/mol. The third-order valence-corrected chi connectivity index (χ3v) is 3.87. The average molecular weight is 322 g/mol. The third kappa shape index (κ3) is 3.55. The first kappa shape index (κ1) is 16.7. The zero-order valence-electron chi connectivity index (χ0n) is 13.9. The largest absolute Gasteiger partial charge is 0.496 e. The summed E-state index contributed by atoms with van der Waals surface area (Å²) < 4.78 is 7.57. The Kier molecular flexibility index (Phi) is 5.35. The van der Waals surface area contributed by atoms with Crippen LogP contribution in [0.25, 0.3) is 11.3 Å². The van der Waals surface area contributed by atoms with Gasteiger partial charge in [0.2, 0.25) is 0 Å². The van der Waals surface area contributed by atoms with E-state index < -0.39 is 0 Å². The molecule has 0 amide bonds. The van der Waals surface area contributed by atoms with Crippen LogP contribution in [0.3, 0.4) is 0 Å². The number of aryl methyl sites for hydroxylation is 1. The lowest BCUT2D eigenvalue weighted by Gasteiger charge is -2.17. The fourth-order valence-electron chi connectivity index (χ4n) is 2.40. The predicted octanol–water partition coefficient (Wildman–Crippen LogP) is 4.32. The van der Waals surface area contributed by atoms with Crippen molar-refractivity contribution >= 4 is 17.3 Å². The minimum absolute atomic E-state index is 0.626. The number of benzene rings is 1. The van der Waals surface area contributed by atoms with Gasteiger partial charge in [-0.15, -0.1) is 0 Å². The van der Waals surface area contributed by atoms with Crippen molar-refractivity contribution in [1.82, 2.24) is 9.78 Å². The summed E-state index contributed by atoms with van der Waals surface area (Å²) in [4.78, 5) is 2.06. The van der Waals surface area contributed by atoms with E-state index in [-0.39, 0.29) is 0 Å². The van der Waals surface area contributed by atoms with Gasteiger partial charge in [-0.1, -0.05) is 25.4 Å². The number of halogens is 1. The molecule has 1 aromatic carbocycles.